The standard InChI is InChI=1S/C81H142O17P2/c1-5-9-13-17-21-25-29-31-33-35-37-39-41-43-47-50-54-58-62-66-79(84)92-72-77(98-81(86)68-64-60-56-52-48-44-42-40-38-36-34-32-30-26-22-18-14-10-6-2)74-96-100(89,90)94-70-75(82)69-93-99(87,88)95-73-76(97-80(85)67-63-59-55-51-46-28-24-20-16-12-8-4)71-91-78(83)65-61-57-53-49-45-27-23-19-15-11-7-3/h9,13,19,21-23,25-26,31-34,37-40,75-77,82H,5-8,10-12,14-18,20,24,27-30,35-36,41-74H2,1-4H3,(H,87,88)(H,89,90)/b13-9-,23-19-,25-21-,26-22-,33-31-,34-32-,39-37-,40-38-. The van der Waals surface area contributed by atoms with Crippen LogP contribution in [-0.4, -0.2) is 96.7 Å². The number of hydrogen-bond acceptors (Lipinski definition) is 15. The van der Waals surface area contributed by atoms with E-state index >= 15 is 0 Å². The highest BCUT2D eigenvalue weighted by Crippen LogP contribution is 2.45. The predicted molar refractivity (Wildman–Crippen MR) is 409 cm³/mol. The van der Waals surface area contributed by atoms with Gasteiger partial charge >= 0.3 is 39.5 Å². The van der Waals surface area contributed by atoms with Crippen molar-refractivity contribution in [2.24, 2.45) is 0 Å². The third-order valence-corrected chi connectivity index (χ3v) is 18.4. The molecule has 3 N–H and O–H groups in total. The molecule has 0 aromatic heterocycles. The number of hydrogen-bond donors (Lipinski definition) is 3. The molecule has 0 aliphatic carbocycles. The number of phosphoric acid groups is 2. The molecule has 0 amide bonds. The Morgan fingerprint density at radius 1 is 0.290 bits per heavy atom. The van der Waals surface area contributed by atoms with Crippen molar-refractivity contribution in [3.63, 3.8) is 0 Å². The monoisotopic (exact) mass is 1450 g/mol. The predicted octanol–water partition coefficient (Wildman–Crippen LogP) is 22.8. The zero-order valence-corrected chi connectivity index (χ0v) is 64.9. The average Bonchev–Trinajstić information content (AvgIpc) is 1.06. The Hall–Kier alpha value is -4.02. The summed E-state index contributed by atoms with van der Waals surface area (Å²) in [4.78, 5) is 72.9. The lowest BCUT2D eigenvalue weighted by atomic mass is 10.1. The minimum absolute atomic E-state index is 0.0770. The van der Waals surface area contributed by atoms with Crippen LogP contribution in [0.5, 0.6) is 0 Å². The van der Waals surface area contributed by atoms with Gasteiger partial charge in [-0.3, -0.25) is 37.3 Å². The van der Waals surface area contributed by atoms with Gasteiger partial charge in [0.15, 0.2) is 12.2 Å². The summed E-state index contributed by atoms with van der Waals surface area (Å²) in [6.45, 7) is 4.68. The fourth-order valence-electron chi connectivity index (χ4n) is 10.5. The second-order valence-corrected chi connectivity index (χ2v) is 29.2. The van der Waals surface area contributed by atoms with Crippen LogP contribution in [0.25, 0.3) is 0 Å². The summed E-state index contributed by atoms with van der Waals surface area (Å²) in [5.74, 6) is -2.20. The molecule has 0 fully saturated rings. The quantitative estimate of drug-likeness (QED) is 0.0169. The Balaban J connectivity index is 5.34. The van der Waals surface area contributed by atoms with Crippen LogP contribution < -0.4 is 0 Å². The first kappa shape index (κ1) is 96.0. The van der Waals surface area contributed by atoms with Crippen molar-refractivity contribution in [1.82, 2.24) is 0 Å². The zero-order chi connectivity index (χ0) is 73.2. The van der Waals surface area contributed by atoms with Crippen LogP contribution in [0.15, 0.2) is 97.2 Å². The van der Waals surface area contributed by atoms with E-state index in [1.165, 1.54) is 70.6 Å². The highest BCUT2D eigenvalue weighted by Gasteiger charge is 2.30. The number of unbranched alkanes of at least 4 members (excludes halogenated alkanes) is 32. The number of phosphoric ester groups is 2. The molecular formula is C81H142O17P2. The molecule has 578 valence electrons. The van der Waals surface area contributed by atoms with Gasteiger partial charge in [-0.05, 0) is 122 Å². The normalized spacial score (nSPS) is 14.4. The zero-order valence-electron chi connectivity index (χ0n) is 63.1. The minimum atomic E-state index is -4.98. The second-order valence-electron chi connectivity index (χ2n) is 26.3. The van der Waals surface area contributed by atoms with Crippen molar-refractivity contribution in [2.45, 2.75) is 354 Å². The number of ether oxygens (including phenoxy) is 4. The summed E-state index contributed by atoms with van der Waals surface area (Å²) >= 11 is 0. The molecule has 0 saturated carbocycles. The number of carbonyl (C=O) groups excluding carboxylic acids is 4. The summed E-state index contributed by atoms with van der Waals surface area (Å²) in [6.07, 6.45) is 76.8. The Bertz CT molecular complexity index is 2270. The maximum Gasteiger partial charge on any atom is 0.472 e. The molecule has 0 aliphatic rings. The van der Waals surface area contributed by atoms with Gasteiger partial charge in [0.05, 0.1) is 26.4 Å². The van der Waals surface area contributed by atoms with Crippen molar-refractivity contribution in [3.05, 3.63) is 97.2 Å². The van der Waals surface area contributed by atoms with Crippen molar-refractivity contribution in [2.75, 3.05) is 39.6 Å². The van der Waals surface area contributed by atoms with E-state index in [-0.39, 0.29) is 25.7 Å². The van der Waals surface area contributed by atoms with Gasteiger partial charge in [0.2, 0.25) is 0 Å². The van der Waals surface area contributed by atoms with Crippen molar-refractivity contribution in [1.29, 1.82) is 0 Å². The van der Waals surface area contributed by atoms with E-state index in [0.717, 1.165) is 186 Å². The molecule has 5 atom stereocenters. The second kappa shape index (κ2) is 73.3. The summed E-state index contributed by atoms with van der Waals surface area (Å²) in [5, 5.41) is 10.6. The van der Waals surface area contributed by atoms with E-state index in [2.05, 4.69) is 125 Å². The van der Waals surface area contributed by atoms with Crippen LogP contribution in [0, 0.1) is 0 Å². The Morgan fingerprint density at radius 2 is 0.530 bits per heavy atom. The summed E-state index contributed by atoms with van der Waals surface area (Å²) in [6, 6.07) is 0. The first-order valence-corrected chi connectivity index (χ1v) is 42.5. The molecule has 0 radical (unpaired) electrons. The average molecular weight is 1450 g/mol. The van der Waals surface area contributed by atoms with Gasteiger partial charge < -0.3 is 33.8 Å². The van der Waals surface area contributed by atoms with Crippen LogP contribution in [0.3, 0.4) is 0 Å². The number of allylic oxidation sites excluding steroid dienone is 16. The Kier molecular flexibility index (Phi) is 70.4. The molecule has 0 spiro atoms. The smallest absolute Gasteiger partial charge is 0.462 e. The molecule has 19 heteroatoms. The molecule has 100 heavy (non-hydrogen) atoms. The van der Waals surface area contributed by atoms with Crippen molar-refractivity contribution >= 4 is 39.5 Å². The summed E-state index contributed by atoms with van der Waals surface area (Å²) < 4.78 is 68.5. The minimum Gasteiger partial charge on any atom is -0.462 e. The Labute approximate surface area is 607 Å². The van der Waals surface area contributed by atoms with Crippen LogP contribution in [-0.2, 0) is 65.4 Å². The number of carbonyl (C=O) groups is 4. The van der Waals surface area contributed by atoms with E-state index in [0.29, 0.717) is 25.7 Å². The highest BCUT2D eigenvalue weighted by molar-refractivity contribution is 7.47. The molecular weight excluding hydrogens is 1310 g/mol. The number of aliphatic hydroxyl groups excluding tert-OH is 1. The maximum atomic E-state index is 13.1. The molecule has 0 aromatic rings. The topological polar surface area (TPSA) is 237 Å². The molecule has 0 aliphatic heterocycles. The summed E-state index contributed by atoms with van der Waals surface area (Å²) in [7, 11) is -9.95. The van der Waals surface area contributed by atoms with E-state index in [9.17, 15) is 43.2 Å². The van der Waals surface area contributed by atoms with Crippen molar-refractivity contribution < 1.29 is 80.2 Å². The molecule has 17 nitrogen and oxygen atoms in total. The van der Waals surface area contributed by atoms with Crippen LogP contribution in [0.2, 0.25) is 0 Å². The SMILES string of the molecule is CC/C=C\C/C=C\C/C=C\C/C=C\CCCCCCCCC(=O)OCC(COP(=O)(O)OCC(O)COP(=O)(O)OCC(COC(=O)CCCCCCC/C=C\CCCC)OC(=O)CCCCCCCCCCCCC)OC(=O)CCCCCCCC/C=C\C/C=C\C/C=C\CCCCC. The third kappa shape index (κ3) is 72.3. The van der Waals surface area contributed by atoms with Crippen LogP contribution in [0.4, 0.5) is 0 Å². The van der Waals surface area contributed by atoms with Gasteiger partial charge in [-0.25, -0.2) is 9.13 Å². The molecule has 0 heterocycles. The number of rotatable bonds is 74. The van der Waals surface area contributed by atoms with Crippen molar-refractivity contribution in [3.8, 4) is 0 Å². The molecule has 0 saturated heterocycles. The molecule has 0 aromatic carbocycles. The molecule has 0 rings (SSSR count). The van der Waals surface area contributed by atoms with Gasteiger partial charge in [-0.1, -0.05) is 285 Å². The lowest BCUT2D eigenvalue weighted by Gasteiger charge is -2.21. The number of esters is 4. The van der Waals surface area contributed by atoms with Gasteiger partial charge in [0.1, 0.15) is 19.3 Å². The third-order valence-electron chi connectivity index (χ3n) is 16.5. The molecule has 0 bridgehead atoms. The summed E-state index contributed by atoms with van der Waals surface area (Å²) in [5.41, 5.74) is 0. The van der Waals surface area contributed by atoms with E-state index in [1.807, 2.05) is 0 Å². The highest BCUT2D eigenvalue weighted by atomic mass is 31.2. The lowest BCUT2D eigenvalue weighted by Crippen LogP contribution is -2.30. The fourth-order valence-corrected chi connectivity index (χ4v) is 12.1. The van der Waals surface area contributed by atoms with Crippen LogP contribution >= 0.6 is 15.6 Å². The first-order valence-electron chi connectivity index (χ1n) is 39.5. The Morgan fingerprint density at radius 3 is 0.860 bits per heavy atom. The van der Waals surface area contributed by atoms with E-state index in [4.69, 9.17) is 37.0 Å². The maximum absolute atomic E-state index is 13.1. The van der Waals surface area contributed by atoms with Gasteiger partial charge in [0.25, 0.3) is 0 Å². The van der Waals surface area contributed by atoms with E-state index in [1.54, 1.807) is 0 Å². The van der Waals surface area contributed by atoms with Gasteiger partial charge in [0, 0.05) is 25.7 Å². The first-order chi connectivity index (χ1) is 48.7. The van der Waals surface area contributed by atoms with E-state index < -0.39 is 97.5 Å². The van der Waals surface area contributed by atoms with Gasteiger partial charge in [-0.2, -0.15) is 0 Å². The van der Waals surface area contributed by atoms with Gasteiger partial charge in [-0.15, -0.1) is 0 Å². The lowest BCUT2D eigenvalue weighted by molar-refractivity contribution is -0.161. The van der Waals surface area contributed by atoms with Crippen LogP contribution in [0.1, 0.15) is 336 Å². The largest absolute Gasteiger partial charge is 0.472 e. The number of aliphatic hydroxyl groups is 1. The molecule has 5 unspecified atom stereocenters. The fraction of sp³-hybridized carbons (Fsp3) is 0.753.